The molecule has 108 valence electrons. The van der Waals surface area contributed by atoms with Gasteiger partial charge < -0.3 is 4.42 Å². The average molecular weight is 321 g/mol. The second-order valence-corrected chi connectivity index (χ2v) is 5.67. The molecule has 0 radical (unpaired) electrons. The van der Waals surface area contributed by atoms with Gasteiger partial charge in [0.25, 0.3) is 0 Å². The highest BCUT2D eigenvalue weighted by Gasteiger charge is 2.10. The first-order valence-corrected chi connectivity index (χ1v) is 7.86. The third-order valence-corrected chi connectivity index (χ3v) is 4.02. The zero-order chi connectivity index (χ0) is 14.7. The number of hydrogen-bond acceptors (Lipinski definition) is 5. The quantitative estimate of drug-likeness (QED) is 0.670. The van der Waals surface area contributed by atoms with E-state index in [4.69, 9.17) is 16.0 Å². The molecule has 0 saturated carbocycles. The van der Waals surface area contributed by atoms with Gasteiger partial charge in [-0.15, -0.1) is 10.2 Å². The van der Waals surface area contributed by atoms with Crippen LogP contribution in [0.25, 0.3) is 5.69 Å². The van der Waals surface area contributed by atoms with Crippen molar-refractivity contribution in [3.8, 4) is 5.69 Å². The van der Waals surface area contributed by atoms with E-state index in [9.17, 15) is 0 Å². The van der Waals surface area contributed by atoms with Crippen LogP contribution >= 0.6 is 23.4 Å². The van der Waals surface area contributed by atoms with Crippen molar-refractivity contribution in [3.63, 3.8) is 0 Å². The maximum atomic E-state index is 6.03. The van der Waals surface area contributed by atoms with Crippen molar-refractivity contribution in [2.75, 3.05) is 0 Å². The molecule has 5 nitrogen and oxygen atoms in total. The predicted molar refractivity (Wildman–Crippen MR) is 81.8 cm³/mol. The molecule has 3 rings (SSSR count). The summed E-state index contributed by atoms with van der Waals surface area (Å²) in [7, 11) is 0. The lowest BCUT2D eigenvalue weighted by atomic mass is 10.3. The van der Waals surface area contributed by atoms with Crippen LogP contribution in [0.4, 0.5) is 0 Å². The smallest absolute Gasteiger partial charge is 0.226 e. The Bertz CT molecular complexity index is 740. The van der Waals surface area contributed by atoms with Crippen LogP contribution in [0, 0.1) is 0 Å². The predicted octanol–water partition coefficient (Wildman–Crippen LogP) is 3.76. The molecule has 3 aromatic rings. The van der Waals surface area contributed by atoms with Gasteiger partial charge in [0, 0.05) is 29.5 Å². The van der Waals surface area contributed by atoms with E-state index >= 15 is 0 Å². The molecule has 0 saturated heterocycles. The summed E-state index contributed by atoms with van der Waals surface area (Å²) in [6.45, 7) is 1.98. The summed E-state index contributed by atoms with van der Waals surface area (Å²) >= 11 is 7.58. The number of aromatic nitrogens is 4. The molecule has 0 atom stereocenters. The zero-order valence-corrected chi connectivity index (χ0v) is 12.9. The number of hydrogen-bond donors (Lipinski definition) is 0. The molecule has 2 heterocycles. The van der Waals surface area contributed by atoms with E-state index in [1.54, 1.807) is 18.0 Å². The molecule has 0 fully saturated rings. The van der Waals surface area contributed by atoms with Crippen molar-refractivity contribution in [3.05, 3.63) is 53.5 Å². The molecule has 1 aromatic carbocycles. The van der Waals surface area contributed by atoms with E-state index in [1.807, 2.05) is 42.0 Å². The standard InChI is InChI=1S/C14H13ClN4OS/c1-2-12-17-18-13(20-12)9-21-14-16-6-7-19(14)11-5-3-4-10(15)8-11/h3-8H,2,9H2,1H3. The van der Waals surface area contributed by atoms with Gasteiger partial charge in [-0.3, -0.25) is 4.57 Å². The van der Waals surface area contributed by atoms with Gasteiger partial charge in [-0.25, -0.2) is 4.98 Å². The molecule has 0 N–H and O–H groups in total. The topological polar surface area (TPSA) is 56.7 Å². The van der Waals surface area contributed by atoms with Crippen LogP contribution in [0.1, 0.15) is 18.7 Å². The molecule has 0 aliphatic rings. The number of thioether (sulfide) groups is 1. The van der Waals surface area contributed by atoms with Crippen LogP contribution in [0.2, 0.25) is 5.02 Å². The molecule has 0 spiro atoms. The van der Waals surface area contributed by atoms with E-state index in [0.29, 0.717) is 22.6 Å². The minimum atomic E-state index is 0.588. The molecule has 0 aliphatic carbocycles. The molecular weight excluding hydrogens is 308 g/mol. The van der Waals surface area contributed by atoms with Crippen molar-refractivity contribution in [1.29, 1.82) is 0 Å². The molecule has 0 aliphatic heterocycles. The van der Waals surface area contributed by atoms with Crippen LogP contribution in [0.5, 0.6) is 0 Å². The highest BCUT2D eigenvalue weighted by atomic mass is 35.5. The average Bonchev–Trinajstić information content (AvgIpc) is 3.14. The summed E-state index contributed by atoms with van der Waals surface area (Å²) in [5, 5.41) is 9.51. The van der Waals surface area contributed by atoms with Crippen molar-refractivity contribution in [1.82, 2.24) is 19.7 Å². The van der Waals surface area contributed by atoms with E-state index in [1.165, 1.54) is 0 Å². The molecule has 2 aromatic heterocycles. The van der Waals surface area contributed by atoms with Crippen molar-refractivity contribution in [2.45, 2.75) is 24.3 Å². The molecule has 21 heavy (non-hydrogen) atoms. The Labute approximate surface area is 131 Å². The first-order valence-electron chi connectivity index (χ1n) is 6.49. The monoisotopic (exact) mass is 320 g/mol. The Morgan fingerprint density at radius 2 is 2.14 bits per heavy atom. The van der Waals surface area contributed by atoms with Gasteiger partial charge in [0.2, 0.25) is 11.8 Å². The number of halogens is 1. The summed E-state index contributed by atoms with van der Waals surface area (Å²) in [6.07, 6.45) is 4.41. The maximum Gasteiger partial charge on any atom is 0.226 e. The molecular formula is C14H13ClN4OS. The first-order chi connectivity index (χ1) is 10.3. The summed E-state index contributed by atoms with van der Waals surface area (Å²) in [5.74, 6) is 1.85. The Morgan fingerprint density at radius 1 is 1.29 bits per heavy atom. The number of aryl methyl sites for hydroxylation is 1. The third kappa shape index (κ3) is 3.28. The zero-order valence-electron chi connectivity index (χ0n) is 11.4. The van der Waals surface area contributed by atoms with Gasteiger partial charge in [-0.1, -0.05) is 36.4 Å². The number of benzene rings is 1. The number of rotatable bonds is 5. The van der Waals surface area contributed by atoms with Gasteiger partial charge in [0.05, 0.1) is 5.75 Å². The normalized spacial score (nSPS) is 11.0. The summed E-state index contributed by atoms with van der Waals surface area (Å²) in [6, 6.07) is 7.64. The minimum Gasteiger partial charge on any atom is -0.424 e. The molecule has 0 unspecified atom stereocenters. The van der Waals surface area contributed by atoms with Gasteiger partial charge in [0.15, 0.2) is 5.16 Å². The van der Waals surface area contributed by atoms with Crippen LogP contribution in [0.3, 0.4) is 0 Å². The van der Waals surface area contributed by atoms with Gasteiger partial charge in [-0.05, 0) is 18.2 Å². The van der Waals surface area contributed by atoms with Crippen LogP contribution in [0.15, 0.2) is 46.2 Å². The second-order valence-electron chi connectivity index (χ2n) is 4.29. The van der Waals surface area contributed by atoms with Crippen LogP contribution < -0.4 is 0 Å². The number of imidazole rings is 1. The van der Waals surface area contributed by atoms with Crippen LogP contribution in [-0.4, -0.2) is 19.7 Å². The van der Waals surface area contributed by atoms with E-state index in [0.717, 1.165) is 17.3 Å². The second kappa shape index (κ2) is 6.32. The fourth-order valence-corrected chi connectivity index (χ4v) is 2.83. The molecule has 0 amide bonds. The highest BCUT2D eigenvalue weighted by Crippen LogP contribution is 2.24. The fraction of sp³-hybridized carbons (Fsp3) is 0.214. The Balaban J connectivity index is 1.76. The SMILES string of the molecule is CCc1nnc(CSc2nccn2-c2cccc(Cl)c2)o1. The van der Waals surface area contributed by atoms with Gasteiger partial charge >= 0.3 is 0 Å². The third-order valence-electron chi connectivity index (χ3n) is 2.83. The Morgan fingerprint density at radius 3 is 2.90 bits per heavy atom. The first kappa shape index (κ1) is 14.2. The van der Waals surface area contributed by atoms with Crippen molar-refractivity contribution >= 4 is 23.4 Å². The summed E-state index contributed by atoms with van der Waals surface area (Å²) < 4.78 is 7.47. The Hall–Kier alpha value is -1.79. The summed E-state index contributed by atoms with van der Waals surface area (Å²) in [4.78, 5) is 4.36. The maximum absolute atomic E-state index is 6.03. The lowest BCUT2D eigenvalue weighted by molar-refractivity contribution is 0.470. The highest BCUT2D eigenvalue weighted by molar-refractivity contribution is 7.98. The fourth-order valence-electron chi connectivity index (χ4n) is 1.83. The van der Waals surface area contributed by atoms with E-state index in [2.05, 4.69) is 15.2 Å². The lowest BCUT2D eigenvalue weighted by Gasteiger charge is -2.06. The Kier molecular flexibility index (Phi) is 4.26. The molecule has 0 bridgehead atoms. The lowest BCUT2D eigenvalue weighted by Crippen LogP contribution is -1.95. The number of nitrogens with zero attached hydrogens (tertiary/aromatic N) is 4. The minimum absolute atomic E-state index is 0.588. The van der Waals surface area contributed by atoms with Crippen molar-refractivity contribution < 1.29 is 4.42 Å². The van der Waals surface area contributed by atoms with E-state index < -0.39 is 0 Å². The van der Waals surface area contributed by atoms with Gasteiger partial charge in [-0.2, -0.15) is 0 Å². The largest absolute Gasteiger partial charge is 0.424 e. The van der Waals surface area contributed by atoms with E-state index in [-0.39, 0.29) is 0 Å². The van der Waals surface area contributed by atoms with Gasteiger partial charge in [0.1, 0.15) is 0 Å². The molecule has 7 heteroatoms. The summed E-state index contributed by atoms with van der Waals surface area (Å²) in [5.41, 5.74) is 0.974. The van der Waals surface area contributed by atoms with Crippen LogP contribution in [-0.2, 0) is 12.2 Å². The van der Waals surface area contributed by atoms with Crippen molar-refractivity contribution in [2.24, 2.45) is 0 Å².